The molecule has 5 rings (SSSR count). The maximum absolute atomic E-state index is 13.0. The van der Waals surface area contributed by atoms with Crippen molar-refractivity contribution < 1.29 is 9.59 Å². The van der Waals surface area contributed by atoms with E-state index in [2.05, 4.69) is 39.4 Å². The third-order valence-electron chi connectivity index (χ3n) is 7.90. The molecule has 6 nitrogen and oxygen atoms in total. The Morgan fingerprint density at radius 2 is 1.43 bits per heavy atom. The van der Waals surface area contributed by atoms with Gasteiger partial charge in [0.15, 0.2) is 0 Å². The van der Waals surface area contributed by atoms with Gasteiger partial charge in [0.2, 0.25) is 5.91 Å². The van der Waals surface area contributed by atoms with Crippen molar-refractivity contribution >= 4 is 46.4 Å². The molecule has 0 unspecified atom stereocenters. The van der Waals surface area contributed by atoms with E-state index in [9.17, 15) is 9.59 Å². The van der Waals surface area contributed by atoms with E-state index in [-0.39, 0.29) is 18.2 Å². The molecule has 0 saturated carbocycles. The molecule has 1 N–H and O–H groups in total. The molecule has 2 fully saturated rings. The molecule has 8 heteroatoms. The van der Waals surface area contributed by atoms with Crippen molar-refractivity contribution in [1.29, 1.82) is 0 Å². The molecule has 0 radical (unpaired) electrons. The average Bonchev–Trinajstić information content (AvgIpc) is 3.53. The summed E-state index contributed by atoms with van der Waals surface area (Å²) in [6.45, 7) is 7.44. The highest BCUT2D eigenvalue weighted by atomic mass is 35.5. The van der Waals surface area contributed by atoms with Gasteiger partial charge in [-0.2, -0.15) is 0 Å². The highest BCUT2D eigenvalue weighted by Crippen LogP contribution is 2.28. The lowest BCUT2D eigenvalue weighted by Crippen LogP contribution is -2.49. The van der Waals surface area contributed by atoms with Gasteiger partial charge in [-0.3, -0.25) is 9.59 Å². The number of rotatable bonds is 8. The smallest absolute Gasteiger partial charge is 0.251 e. The number of aryl methyl sites for hydroxylation is 1. The van der Waals surface area contributed by atoms with Gasteiger partial charge in [-0.05, 0) is 84.5 Å². The van der Waals surface area contributed by atoms with Gasteiger partial charge in [0.25, 0.3) is 5.91 Å². The first-order valence-electron chi connectivity index (χ1n) is 14.1. The first-order chi connectivity index (χ1) is 19.4. The second-order valence-electron chi connectivity index (χ2n) is 10.5. The van der Waals surface area contributed by atoms with Gasteiger partial charge in [-0.15, -0.1) is 0 Å². The summed E-state index contributed by atoms with van der Waals surface area (Å²) in [6, 6.07) is 19.9. The Balaban J connectivity index is 1.11. The van der Waals surface area contributed by atoms with Crippen LogP contribution in [0.25, 0.3) is 0 Å². The summed E-state index contributed by atoms with van der Waals surface area (Å²) >= 11 is 12.8. The number of benzene rings is 3. The molecular weight excluding hydrogens is 543 g/mol. The largest absolute Gasteiger partial charge is 0.372 e. The summed E-state index contributed by atoms with van der Waals surface area (Å²) in [6.07, 6.45) is 3.52. The van der Waals surface area contributed by atoms with Crippen molar-refractivity contribution in [2.24, 2.45) is 0 Å². The van der Waals surface area contributed by atoms with Crippen LogP contribution >= 0.6 is 23.2 Å². The molecule has 2 amide bonds. The van der Waals surface area contributed by atoms with Crippen LogP contribution in [0.5, 0.6) is 0 Å². The van der Waals surface area contributed by atoms with Crippen LogP contribution in [0.3, 0.4) is 0 Å². The molecule has 40 heavy (non-hydrogen) atoms. The van der Waals surface area contributed by atoms with Gasteiger partial charge in [0.1, 0.15) is 0 Å². The van der Waals surface area contributed by atoms with Gasteiger partial charge < -0.3 is 20.0 Å². The lowest BCUT2D eigenvalue weighted by atomic mass is 10.1. The quantitative estimate of drug-likeness (QED) is 0.357. The number of anilines is 2. The Bertz CT molecular complexity index is 1320. The van der Waals surface area contributed by atoms with E-state index in [0.717, 1.165) is 49.4 Å². The van der Waals surface area contributed by atoms with Crippen molar-refractivity contribution in [3.8, 4) is 0 Å². The first-order valence-corrected chi connectivity index (χ1v) is 14.9. The van der Waals surface area contributed by atoms with Crippen LogP contribution in [0.15, 0.2) is 60.7 Å². The average molecular weight is 580 g/mol. The monoisotopic (exact) mass is 578 g/mol. The van der Waals surface area contributed by atoms with Gasteiger partial charge >= 0.3 is 0 Å². The minimum Gasteiger partial charge on any atom is -0.372 e. The van der Waals surface area contributed by atoms with Gasteiger partial charge in [-0.1, -0.05) is 42.3 Å². The van der Waals surface area contributed by atoms with E-state index >= 15 is 0 Å². The third-order valence-corrected chi connectivity index (χ3v) is 8.57. The molecule has 0 aromatic heterocycles. The number of amides is 2. The Hall–Kier alpha value is -3.22. The summed E-state index contributed by atoms with van der Waals surface area (Å²) in [5.74, 6) is -0.0523. The van der Waals surface area contributed by atoms with Crippen LogP contribution in [0, 0.1) is 0 Å². The standard InChI is InChI=1S/C32H36Cl2N4O2/c1-2-23-19-29(33)28(30(34)20-23)21-31(39)38-16-14-37(15-17-38)26-10-8-25(9-11-26)32(40)35-22-24-6-5-7-27(18-24)36-12-3-4-13-36/h5-11,18-20H,2-4,12-17,21-22H2,1H3,(H,35,40). The van der Waals surface area contributed by atoms with Gasteiger partial charge in [0.05, 0.1) is 6.42 Å². The van der Waals surface area contributed by atoms with E-state index in [1.54, 1.807) is 0 Å². The fraction of sp³-hybridized carbons (Fsp3) is 0.375. The van der Waals surface area contributed by atoms with Gasteiger partial charge in [-0.25, -0.2) is 0 Å². The lowest BCUT2D eigenvalue weighted by molar-refractivity contribution is -0.130. The maximum atomic E-state index is 13.0. The molecule has 2 saturated heterocycles. The number of nitrogens with one attached hydrogen (secondary N) is 1. The van der Waals surface area contributed by atoms with Crippen LogP contribution in [0.2, 0.25) is 10.0 Å². The number of nitrogens with zero attached hydrogens (tertiary/aromatic N) is 3. The molecule has 3 aromatic carbocycles. The van der Waals surface area contributed by atoms with E-state index in [1.165, 1.54) is 18.5 Å². The Kier molecular flexibility index (Phi) is 9.18. The van der Waals surface area contributed by atoms with E-state index in [1.807, 2.05) is 48.2 Å². The molecule has 2 aliphatic heterocycles. The summed E-state index contributed by atoms with van der Waals surface area (Å²) in [4.78, 5) is 32.3. The predicted molar refractivity (Wildman–Crippen MR) is 164 cm³/mol. The zero-order valence-electron chi connectivity index (χ0n) is 23.0. The van der Waals surface area contributed by atoms with E-state index in [0.29, 0.717) is 40.8 Å². The zero-order chi connectivity index (χ0) is 28.1. The van der Waals surface area contributed by atoms with Crippen LogP contribution in [-0.4, -0.2) is 56.0 Å². The summed E-state index contributed by atoms with van der Waals surface area (Å²) in [7, 11) is 0. The zero-order valence-corrected chi connectivity index (χ0v) is 24.5. The fourth-order valence-electron chi connectivity index (χ4n) is 5.45. The van der Waals surface area contributed by atoms with Crippen molar-refractivity contribution in [3.05, 3.63) is 93.0 Å². The summed E-state index contributed by atoms with van der Waals surface area (Å²) in [5, 5.41) is 4.15. The molecule has 0 spiro atoms. The van der Waals surface area contributed by atoms with Crippen molar-refractivity contribution in [3.63, 3.8) is 0 Å². The number of carbonyl (C=O) groups excluding carboxylic acids is 2. The molecule has 210 valence electrons. The second kappa shape index (κ2) is 13.0. The predicted octanol–water partition coefficient (Wildman–Crippen LogP) is 5.98. The van der Waals surface area contributed by atoms with Crippen molar-refractivity contribution in [1.82, 2.24) is 10.2 Å². The minimum absolute atomic E-state index is 0.0330. The highest BCUT2D eigenvalue weighted by Gasteiger charge is 2.23. The Labute approximate surface area is 246 Å². The number of carbonyl (C=O) groups is 2. The Morgan fingerprint density at radius 3 is 2.08 bits per heavy atom. The summed E-state index contributed by atoms with van der Waals surface area (Å²) < 4.78 is 0. The highest BCUT2D eigenvalue weighted by molar-refractivity contribution is 6.36. The number of halogens is 2. The number of hydrogen-bond donors (Lipinski definition) is 1. The topological polar surface area (TPSA) is 55.9 Å². The molecule has 2 aliphatic rings. The van der Waals surface area contributed by atoms with Crippen molar-refractivity contribution in [2.45, 2.75) is 39.2 Å². The molecule has 0 bridgehead atoms. The molecule has 0 atom stereocenters. The third kappa shape index (κ3) is 6.73. The van der Waals surface area contributed by atoms with Gasteiger partial charge in [0, 0.05) is 72.8 Å². The second-order valence-corrected chi connectivity index (χ2v) is 11.3. The summed E-state index contributed by atoms with van der Waals surface area (Å²) in [5.41, 5.74) is 5.77. The van der Waals surface area contributed by atoms with Crippen LogP contribution in [0.1, 0.15) is 46.8 Å². The minimum atomic E-state index is -0.0853. The number of hydrogen-bond acceptors (Lipinski definition) is 4. The maximum Gasteiger partial charge on any atom is 0.251 e. The number of piperazine rings is 1. The van der Waals surface area contributed by atoms with Crippen molar-refractivity contribution in [2.75, 3.05) is 49.1 Å². The van der Waals surface area contributed by atoms with Crippen LogP contribution in [-0.2, 0) is 24.2 Å². The SMILES string of the molecule is CCc1cc(Cl)c(CC(=O)N2CCN(c3ccc(C(=O)NCc4cccc(N5CCCC5)c4)cc3)CC2)c(Cl)c1. The van der Waals surface area contributed by atoms with Crippen LogP contribution < -0.4 is 15.1 Å². The van der Waals surface area contributed by atoms with E-state index < -0.39 is 0 Å². The van der Waals surface area contributed by atoms with Crippen LogP contribution in [0.4, 0.5) is 11.4 Å². The first kappa shape index (κ1) is 28.3. The molecule has 3 aromatic rings. The fourth-order valence-corrected chi connectivity index (χ4v) is 6.12. The molecule has 0 aliphatic carbocycles. The normalized spacial score (nSPS) is 15.4. The Morgan fingerprint density at radius 1 is 0.775 bits per heavy atom. The molecule has 2 heterocycles. The van der Waals surface area contributed by atoms with E-state index in [4.69, 9.17) is 23.2 Å². The molecular formula is C32H36Cl2N4O2. The lowest BCUT2D eigenvalue weighted by Gasteiger charge is -2.36.